The van der Waals surface area contributed by atoms with E-state index in [1.807, 2.05) is 43.1 Å². The van der Waals surface area contributed by atoms with Crippen molar-refractivity contribution in [2.45, 2.75) is 6.92 Å². The molecule has 158 valence electrons. The van der Waals surface area contributed by atoms with Gasteiger partial charge in [-0.05, 0) is 55.9 Å². The molecule has 2 aromatic carbocycles. The average molecular weight is 416 g/mol. The van der Waals surface area contributed by atoms with E-state index in [1.54, 1.807) is 24.3 Å². The molecule has 0 bridgehead atoms. The molecule has 7 heteroatoms. The predicted molar refractivity (Wildman–Crippen MR) is 117 cm³/mol. The highest BCUT2D eigenvalue weighted by molar-refractivity contribution is 6.45. The molecule has 0 spiro atoms. The van der Waals surface area contributed by atoms with Gasteiger partial charge in [-0.15, -0.1) is 0 Å². The molecule has 1 fully saturated rings. The minimum atomic E-state index is -0.354. The van der Waals surface area contributed by atoms with Crippen LogP contribution in [0.5, 0.6) is 5.75 Å². The SMILES string of the molecule is CCOc1ccc(C2=C(N3CCN(C)CC3)C(=O)N(c3ccc(C#N)cc3)C2=O)cc1. The van der Waals surface area contributed by atoms with E-state index in [4.69, 9.17) is 10.00 Å². The van der Waals surface area contributed by atoms with Gasteiger partial charge in [-0.2, -0.15) is 5.26 Å². The number of ether oxygens (including phenoxy) is 1. The summed E-state index contributed by atoms with van der Waals surface area (Å²) in [4.78, 5) is 32.4. The van der Waals surface area contributed by atoms with Gasteiger partial charge in [0.05, 0.1) is 29.5 Å². The van der Waals surface area contributed by atoms with Gasteiger partial charge >= 0.3 is 0 Å². The first-order chi connectivity index (χ1) is 15.0. The quantitative estimate of drug-likeness (QED) is 0.697. The molecule has 7 nitrogen and oxygen atoms in total. The normalized spacial score (nSPS) is 17.3. The number of imide groups is 1. The molecular weight excluding hydrogens is 392 g/mol. The minimum Gasteiger partial charge on any atom is -0.494 e. The van der Waals surface area contributed by atoms with Gasteiger partial charge in [-0.3, -0.25) is 9.59 Å². The van der Waals surface area contributed by atoms with Crippen LogP contribution in [0.25, 0.3) is 5.57 Å². The second-order valence-electron chi connectivity index (χ2n) is 7.58. The lowest BCUT2D eigenvalue weighted by Gasteiger charge is -2.34. The highest BCUT2D eigenvalue weighted by Crippen LogP contribution is 2.35. The maximum absolute atomic E-state index is 13.5. The molecule has 0 aliphatic carbocycles. The zero-order valence-electron chi connectivity index (χ0n) is 17.7. The number of piperazine rings is 1. The number of amides is 2. The topological polar surface area (TPSA) is 76.9 Å². The van der Waals surface area contributed by atoms with Gasteiger partial charge in [0, 0.05) is 26.2 Å². The lowest BCUT2D eigenvalue weighted by atomic mass is 10.0. The van der Waals surface area contributed by atoms with Crippen LogP contribution >= 0.6 is 0 Å². The van der Waals surface area contributed by atoms with Crippen molar-refractivity contribution in [3.63, 3.8) is 0 Å². The van der Waals surface area contributed by atoms with Crippen molar-refractivity contribution in [2.75, 3.05) is 44.7 Å². The third-order valence-electron chi connectivity index (χ3n) is 5.59. The van der Waals surface area contributed by atoms with Crippen LogP contribution < -0.4 is 9.64 Å². The highest BCUT2D eigenvalue weighted by atomic mass is 16.5. The summed E-state index contributed by atoms with van der Waals surface area (Å²) in [5, 5.41) is 9.06. The number of nitrogens with zero attached hydrogens (tertiary/aromatic N) is 4. The average Bonchev–Trinajstić information content (AvgIpc) is 3.05. The van der Waals surface area contributed by atoms with E-state index in [9.17, 15) is 9.59 Å². The van der Waals surface area contributed by atoms with Crippen molar-refractivity contribution in [3.05, 3.63) is 65.4 Å². The summed E-state index contributed by atoms with van der Waals surface area (Å²) in [6.07, 6.45) is 0. The molecule has 0 unspecified atom stereocenters. The Bertz CT molecular complexity index is 1060. The summed E-state index contributed by atoms with van der Waals surface area (Å²) >= 11 is 0. The van der Waals surface area contributed by atoms with Crippen LogP contribution in [0.3, 0.4) is 0 Å². The van der Waals surface area contributed by atoms with Gasteiger partial charge in [0.2, 0.25) is 0 Å². The van der Waals surface area contributed by atoms with E-state index in [-0.39, 0.29) is 11.8 Å². The van der Waals surface area contributed by atoms with Gasteiger partial charge in [0.15, 0.2) is 0 Å². The maximum Gasteiger partial charge on any atom is 0.282 e. The van der Waals surface area contributed by atoms with Crippen molar-refractivity contribution in [1.82, 2.24) is 9.80 Å². The summed E-state index contributed by atoms with van der Waals surface area (Å²) < 4.78 is 5.52. The van der Waals surface area contributed by atoms with Crippen LogP contribution in [0.2, 0.25) is 0 Å². The second kappa shape index (κ2) is 8.62. The van der Waals surface area contributed by atoms with Crippen LogP contribution in [0.4, 0.5) is 5.69 Å². The summed E-state index contributed by atoms with van der Waals surface area (Å²) in [5.41, 5.74) is 2.46. The number of carbonyl (C=O) groups is 2. The van der Waals surface area contributed by atoms with Gasteiger partial charge < -0.3 is 14.5 Å². The monoisotopic (exact) mass is 416 g/mol. The highest BCUT2D eigenvalue weighted by Gasteiger charge is 2.42. The largest absolute Gasteiger partial charge is 0.494 e. The fraction of sp³-hybridized carbons (Fsp3) is 0.292. The van der Waals surface area contributed by atoms with E-state index in [2.05, 4.69) is 11.0 Å². The molecule has 1 saturated heterocycles. The first-order valence-electron chi connectivity index (χ1n) is 10.3. The van der Waals surface area contributed by atoms with E-state index in [0.717, 1.165) is 13.1 Å². The van der Waals surface area contributed by atoms with Gasteiger partial charge in [0.1, 0.15) is 11.4 Å². The Morgan fingerprint density at radius 3 is 2.16 bits per heavy atom. The zero-order valence-corrected chi connectivity index (χ0v) is 17.7. The fourth-order valence-corrected chi connectivity index (χ4v) is 3.91. The Labute approximate surface area is 181 Å². The van der Waals surface area contributed by atoms with E-state index in [1.165, 1.54) is 4.90 Å². The zero-order chi connectivity index (χ0) is 22.0. The van der Waals surface area contributed by atoms with Crippen molar-refractivity contribution >= 4 is 23.1 Å². The summed E-state index contributed by atoms with van der Waals surface area (Å²) in [6.45, 7) is 5.45. The van der Waals surface area contributed by atoms with E-state index >= 15 is 0 Å². The molecule has 0 atom stereocenters. The molecule has 0 aromatic heterocycles. The minimum absolute atomic E-state index is 0.330. The fourth-order valence-electron chi connectivity index (χ4n) is 3.91. The smallest absolute Gasteiger partial charge is 0.282 e. The number of carbonyl (C=O) groups excluding carboxylic acids is 2. The molecule has 2 aliphatic rings. The van der Waals surface area contributed by atoms with Crippen LogP contribution in [-0.2, 0) is 9.59 Å². The molecule has 2 aromatic rings. The summed E-state index contributed by atoms with van der Waals surface area (Å²) in [7, 11) is 2.05. The number of nitriles is 1. The third kappa shape index (κ3) is 3.90. The number of likely N-dealkylation sites (N-methyl/N-ethyl adjacent to an activating group) is 1. The Morgan fingerprint density at radius 1 is 0.935 bits per heavy atom. The van der Waals surface area contributed by atoms with Crippen LogP contribution in [-0.4, -0.2) is 61.4 Å². The lowest BCUT2D eigenvalue weighted by Crippen LogP contribution is -2.46. The van der Waals surface area contributed by atoms with E-state index in [0.29, 0.717) is 53.5 Å². The summed E-state index contributed by atoms with van der Waals surface area (Å²) in [6, 6.07) is 15.8. The van der Waals surface area contributed by atoms with Crippen LogP contribution in [0.1, 0.15) is 18.1 Å². The Morgan fingerprint density at radius 2 is 1.58 bits per heavy atom. The summed E-state index contributed by atoms with van der Waals surface area (Å²) in [5.74, 6) is 0.0321. The first-order valence-corrected chi connectivity index (χ1v) is 10.3. The maximum atomic E-state index is 13.5. The third-order valence-corrected chi connectivity index (χ3v) is 5.59. The Hall–Kier alpha value is -3.63. The Kier molecular flexibility index (Phi) is 5.74. The number of benzene rings is 2. The molecular formula is C24H24N4O3. The van der Waals surface area contributed by atoms with Crippen molar-refractivity contribution in [1.29, 1.82) is 5.26 Å². The lowest BCUT2D eigenvalue weighted by molar-refractivity contribution is -0.120. The van der Waals surface area contributed by atoms with Crippen molar-refractivity contribution < 1.29 is 14.3 Å². The number of hydrogen-bond acceptors (Lipinski definition) is 6. The molecule has 2 heterocycles. The van der Waals surface area contributed by atoms with Gasteiger partial charge in [-0.25, -0.2) is 4.90 Å². The molecule has 2 amide bonds. The second-order valence-corrected chi connectivity index (χ2v) is 7.58. The number of rotatable bonds is 5. The molecule has 0 radical (unpaired) electrons. The molecule has 31 heavy (non-hydrogen) atoms. The number of anilines is 1. The molecule has 0 saturated carbocycles. The number of hydrogen-bond donors (Lipinski definition) is 0. The van der Waals surface area contributed by atoms with E-state index < -0.39 is 0 Å². The first kappa shape index (κ1) is 20.6. The van der Waals surface area contributed by atoms with Gasteiger partial charge in [-0.1, -0.05) is 12.1 Å². The van der Waals surface area contributed by atoms with Crippen LogP contribution in [0, 0.1) is 11.3 Å². The molecule has 2 aliphatic heterocycles. The molecule has 0 N–H and O–H groups in total. The van der Waals surface area contributed by atoms with Gasteiger partial charge in [0.25, 0.3) is 11.8 Å². The predicted octanol–water partition coefficient (Wildman–Crippen LogP) is 2.49. The molecule has 4 rings (SSSR count). The van der Waals surface area contributed by atoms with Crippen LogP contribution in [0.15, 0.2) is 54.2 Å². The Balaban J connectivity index is 1.76. The van der Waals surface area contributed by atoms with Crippen molar-refractivity contribution in [2.24, 2.45) is 0 Å². The standard InChI is InChI=1S/C24H24N4O3/c1-3-31-20-10-6-18(7-11-20)21-22(27-14-12-26(2)13-15-27)24(30)28(23(21)29)19-8-4-17(16-25)5-9-19/h4-11H,3,12-15H2,1-2H3. The van der Waals surface area contributed by atoms with Crippen molar-refractivity contribution in [3.8, 4) is 11.8 Å².